The SMILES string of the molecule is O=C(Oc1ccccc1Oc1ccccn1)c1ccc(-n2cnnn2)cc1Cl. The molecule has 0 spiro atoms. The van der Waals surface area contributed by atoms with Gasteiger partial charge < -0.3 is 9.47 Å². The molecule has 4 rings (SSSR count). The molecule has 0 radical (unpaired) electrons. The van der Waals surface area contributed by atoms with E-state index in [0.29, 0.717) is 17.3 Å². The molecule has 0 saturated carbocycles. The summed E-state index contributed by atoms with van der Waals surface area (Å²) in [7, 11) is 0. The molecule has 0 atom stereocenters. The van der Waals surface area contributed by atoms with Crippen LogP contribution in [-0.4, -0.2) is 31.2 Å². The van der Waals surface area contributed by atoms with Crippen molar-refractivity contribution in [2.45, 2.75) is 0 Å². The van der Waals surface area contributed by atoms with E-state index in [4.69, 9.17) is 21.1 Å². The zero-order chi connectivity index (χ0) is 19.3. The van der Waals surface area contributed by atoms with Gasteiger partial charge in [0.25, 0.3) is 0 Å². The summed E-state index contributed by atoms with van der Waals surface area (Å²) in [5, 5.41) is 11.1. The molecule has 0 bridgehead atoms. The second-order valence-electron chi connectivity index (χ2n) is 5.52. The summed E-state index contributed by atoms with van der Waals surface area (Å²) in [5.41, 5.74) is 0.816. The molecule has 138 valence electrons. The quantitative estimate of drug-likeness (QED) is 0.377. The number of rotatable bonds is 5. The fourth-order valence-electron chi connectivity index (χ4n) is 2.39. The third kappa shape index (κ3) is 3.81. The predicted octanol–water partition coefficient (Wildman–Crippen LogP) is 3.72. The highest BCUT2D eigenvalue weighted by Crippen LogP contribution is 2.31. The minimum absolute atomic E-state index is 0.200. The standard InChI is InChI=1S/C19H12ClN5O3/c20-15-11-13(25-12-22-23-24-25)8-9-14(15)19(26)28-17-6-2-1-5-16(17)27-18-7-3-4-10-21-18/h1-12H. The third-order valence-electron chi connectivity index (χ3n) is 3.69. The van der Waals surface area contributed by atoms with Gasteiger partial charge in [-0.2, -0.15) is 0 Å². The highest BCUT2D eigenvalue weighted by Gasteiger charge is 2.17. The van der Waals surface area contributed by atoms with Gasteiger partial charge in [-0.05, 0) is 46.8 Å². The number of ether oxygens (including phenoxy) is 2. The van der Waals surface area contributed by atoms with Crippen LogP contribution in [0.1, 0.15) is 10.4 Å². The molecule has 0 unspecified atom stereocenters. The van der Waals surface area contributed by atoms with E-state index in [2.05, 4.69) is 20.5 Å². The lowest BCUT2D eigenvalue weighted by molar-refractivity contribution is 0.0730. The maximum Gasteiger partial charge on any atom is 0.345 e. The number of carbonyl (C=O) groups is 1. The average molecular weight is 394 g/mol. The van der Waals surface area contributed by atoms with Gasteiger partial charge in [0.05, 0.1) is 16.3 Å². The van der Waals surface area contributed by atoms with Gasteiger partial charge >= 0.3 is 5.97 Å². The summed E-state index contributed by atoms with van der Waals surface area (Å²) in [6, 6.07) is 16.9. The molecule has 0 aliphatic heterocycles. The molecule has 28 heavy (non-hydrogen) atoms. The Labute approximate surface area is 164 Å². The van der Waals surface area contributed by atoms with Gasteiger partial charge in [-0.15, -0.1) is 5.10 Å². The van der Waals surface area contributed by atoms with Gasteiger partial charge in [0.1, 0.15) is 6.33 Å². The van der Waals surface area contributed by atoms with E-state index in [1.165, 1.54) is 11.0 Å². The number of carbonyl (C=O) groups excluding carboxylic acids is 1. The van der Waals surface area contributed by atoms with Crippen LogP contribution in [0.15, 0.2) is 73.2 Å². The fraction of sp³-hybridized carbons (Fsp3) is 0. The van der Waals surface area contributed by atoms with E-state index in [1.807, 2.05) is 0 Å². The van der Waals surface area contributed by atoms with Gasteiger partial charge in [-0.3, -0.25) is 0 Å². The van der Waals surface area contributed by atoms with Crippen molar-refractivity contribution in [1.29, 1.82) is 0 Å². The Morgan fingerprint density at radius 2 is 1.82 bits per heavy atom. The molecule has 4 aromatic rings. The van der Waals surface area contributed by atoms with E-state index >= 15 is 0 Å². The summed E-state index contributed by atoms with van der Waals surface area (Å²) in [5.74, 6) is 0.370. The molecule has 2 heterocycles. The first kappa shape index (κ1) is 17.6. The molecular weight excluding hydrogens is 382 g/mol. The molecule has 2 aromatic heterocycles. The predicted molar refractivity (Wildman–Crippen MR) is 99.9 cm³/mol. The molecule has 8 nitrogen and oxygen atoms in total. The maximum atomic E-state index is 12.6. The van der Waals surface area contributed by atoms with E-state index in [1.54, 1.807) is 66.9 Å². The minimum atomic E-state index is -0.620. The van der Waals surface area contributed by atoms with Crippen molar-refractivity contribution < 1.29 is 14.3 Å². The van der Waals surface area contributed by atoms with Crippen LogP contribution < -0.4 is 9.47 Å². The summed E-state index contributed by atoms with van der Waals surface area (Å²) in [6.45, 7) is 0. The van der Waals surface area contributed by atoms with E-state index in [0.717, 1.165) is 0 Å². The number of hydrogen-bond donors (Lipinski definition) is 0. The largest absolute Gasteiger partial charge is 0.435 e. The smallest absolute Gasteiger partial charge is 0.345 e. The van der Waals surface area contributed by atoms with Crippen LogP contribution in [0, 0.1) is 0 Å². The Morgan fingerprint density at radius 1 is 1.00 bits per heavy atom. The van der Waals surface area contributed by atoms with Gasteiger partial charge in [0.2, 0.25) is 5.88 Å². The summed E-state index contributed by atoms with van der Waals surface area (Å²) < 4.78 is 12.6. The van der Waals surface area contributed by atoms with E-state index in [-0.39, 0.29) is 16.3 Å². The highest BCUT2D eigenvalue weighted by molar-refractivity contribution is 6.33. The van der Waals surface area contributed by atoms with Crippen LogP contribution in [0.4, 0.5) is 0 Å². The lowest BCUT2D eigenvalue weighted by Gasteiger charge is -2.11. The van der Waals surface area contributed by atoms with Gasteiger partial charge in [-0.1, -0.05) is 29.8 Å². The van der Waals surface area contributed by atoms with Crippen molar-refractivity contribution in [2.24, 2.45) is 0 Å². The number of pyridine rings is 1. The number of tetrazole rings is 1. The second-order valence-corrected chi connectivity index (χ2v) is 5.93. The molecule has 0 N–H and O–H groups in total. The van der Waals surface area contributed by atoms with Crippen LogP contribution in [0.2, 0.25) is 5.02 Å². The summed E-state index contributed by atoms with van der Waals surface area (Å²) >= 11 is 6.25. The Kier molecular flexibility index (Phi) is 4.94. The Morgan fingerprint density at radius 3 is 2.54 bits per heavy atom. The number of aromatic nitrogens is 5. The van der Waals surface area contributed by atoms with Crippen LogP contribution in [0.5, 0.6) is 17.4 Å². The Hall–Kier alpha value is -3.78. The van der Waals surface area contributed by atoms with Crippen LogP contribution >= 0.6 is 11.6 Å². The monoisotopic (exact) mass is 393 g/mol. The Balaban J connectivity index is 1.56. The maximum absolute atomic E-state index is 12.6. The molecule has 0 saturated heterocycles. The first-order chi connectivity index (χ1) is 13.7. The number of benzene rings is 2. The zero-order valence-electron chi connectivity index (χ0n) is 14.3. The third-order valence-corrected chi connectivity index (χ3v) is 4.00. The lowest BCUT2D eigenvalue weighted by Crippen LogP contribution is -2.10. The lowest BCUT2D eigenvalue weighted by atomic mass is 10.2. The van der Waals surface area contributed by atoms with Gasteiger partial charge in [0.15, 0.2) is 11.5 Å². The molecule has 0 fully saturated rings. The average Bonchev–Trinajstić information content (AvgIpc) is 3.25. The normalized spacial score (nSPS) is 10.5. The summed E-state index contributed by atoms with van der Waals surface area (Å²) in [6.07, 6.45) is 3.03. The van der Waals surface area contributed by atoms with E-state index in [9.17, 15) is 4.79 Å². The topological polar surface area (TPSA) is 92.0 Å². The number of para-hydroxylation sites is 2. The van der Waals surface area contributed by atoms with Crippen LogP contribution in [0.25, 0.3) is 5.69 Å². The van der Waals surface area contributed by atoms with E-state index < -0.39 is 5.97 Å². The molecule has 0 aliphatic rings. The number of hydrogen-bond acceptors (Lipinski definition) is 7. The van der Waals surface area contributed by atoms with Crippen molar-refractivity contribution in [2.75, 3.05) is 0 Å². The first-order valence-corrected chi connectivity index (χ1v) is 8.51. The van der Waals surface area contributed by atoms with Crippen molar-refractivity contribution in [3.8, 4) is 23.1 Å². The molecule has 2 aromatic carbocycles. The van der Waals surface area contributed by atoms with Crippen molar-refractivity contribution in [1.82, 2.24) is 25.2 Å². The number of esters is 1. The minimum Gasteiger partial charge on any atom is -0.435 e. The summed E-state index contributed by atoms with van der Waals surface area (Å²) in [4.78, 5) is 16.7. The van der Waals surface area contributed by atoms with Crippen LogP contribution in [0.3, 0.4) is 0 Å². The first-order valence-electron chi connectivity index (χ1n) is 8.14. The molecule has 9 heteroatoms. The number of halogens is 1. The van der Waals surface area contributed by atoms with Crippen LogP contribution in [-0.2, 0) is 0 Å². The molecule has 0 amide bonds. The van der Waals surface area contributed by atoms with Gasteiger partial charge in [-0.25, -0.2) is 14.5 Å². The second kappa shape index (κ2) is 7.85. The molecule has 0 aliphatic carbocycles. The Bertz CT molecular complexity index is 1100. The highest BCUT2D eigenvalue weighted by atomic mass is 35.5. The molecular formula is C19H12ClN5O3. The van der Waals surface area contributed by atoms with Crippen molar-refractivity contribution in [3.05, 3.63) is 83.8 Å². The number of nitrogens with zero attached hydrogens (tertiary/aromatic N) is 5. The fourth-order valence-corrected chi connectivity index (χ4v) is 2.64. The van der Waals surface area contributed by atoms with Crippen molar-refractivity contribution >= 4 is 17.6 Å². The van der Waals surface area contributed by atoms with Gasteiger partial charge in [0, 0.05) is 12.3 Å². The zero-order valence-corrected chi connectivity index (χ0v) is 15.0. The van der Waals surface area contributed by atoms with Crippen molar-refractivity contribution in [3.63, 3.8) is 0 Å².